The molecule has 1 aromatic rings. The Labute approximate surface area is 98.3 Å². The average molecular weight is 285 g/mol. The van der Waals surface area contributed by atoms with Gasteiger partial charge in [0.15, 0.2) is 0 Å². The SMILES string of the molecule is Cc1ccc(S(N)(=O)=O)c(Cl)c1S(N)(=O)=O. The molecule has 90 valence electrons. The fourth-order valence-corrected chi connectivity index (χ4v) is 3.61. The molecule has 0 saturated heterocycles. The molecule has 0 aliphatic rings. The Bertz CT molecular complexity index is 637. The van der Waals surface area contributed by atoms with Gasteiger partial charge in [0, 0.05) is 0 Å². The number of benzene rings is 1. The fraction of sp³-hybridized carbons (Fsp3) is 0.143. The minimum Gasteiger partial charge on any atom is -0.225 e. The molecule has 0 heterocycles. The Hall–Kier alpha value is -0.670. The highest BCUT2D eigenvalue weighted by Gasteiger charge is 2.23. The molecule has 6 nitrogen and oxygen atoms in total. The maximum absolute atomic E-state index is 11.2. The third-order valence-electron chi connectivity index (χ3n) is 1.85. The molecule has 0 atom stereocenters. The van der Waals surface area contributed by atoms with Gasteiger partial charge >= 0.3 is 0 Å². The maximum atomic E-state index is 11.2. The summed E-state index contributed by atoms with van der Waals surface area (Å²) in [7, 11) is -8.18. The van der Waals surface area contributed by atoms with E-state index in [1.807, 2.05) is 0 Å². The highest BCUT2D eigenvalue weighted by Crippen LogP contribution is 2.29. The molecule has 0 radical (unpaired) electrons. The van der Waals surface area contributed by atoms with Gasteiger partial charge in [0.2, 0.25) is 20.0 Å². The molecule has 0 unspecified atom stereocenters. The summed E-state index contributed by atoms with van der Waals surface area (Å²) in [5, 5.41) is 9.31. The number of hydrogen-bond donors (Lipinski definition) is 2. The van der Waals surface area contributed by atoms with E-state index in [-0.39, 0.29) is 5.56 Å². The predicted octanol–water partition coefficient (Wildman–Crippen LogP) is -0.0568. The first kappa shape index (κ1) is 13.4. The smallest absolute Gasteiger partial charge is 0.225 e. The van der Waals surface area contributed by atoms with Crippen molar-refractivity contribution in [3.05, 3.63) is 22.7 Å². The summed E-state index contributed by atoms with van der Waals surface area (Å²) in [4.78, 5) is -0.899. The van der Waals surface area contributed by atoms with Crippen molar-refractivity contribution >= 4 is 31.6 Å². The number of primary sulfonamides is 2. The Morgan fingerprint density at radius 2 is 1.56 bits per heavy atom. The first-order valence-electron chi connectivity index (χ1n) is 3.90. The van der Waals surface area contributed by atoms with E-state index in [0.717, 1.165) is 6.07 Å². The van der Waals surface area contributed by atoms with Crippen LogP contribution in [0.4, 0.5) is 0 Å². The molecule has 0 saturated carbocycles. The van der Waals surface area contributed by atoms with Crippen molar-refractivity contribution in [2.75, 3.05) is 0 Å². The third-order valence-corrected chi connectivity index (χ3v) is 4.51. The summed E-state index contributed by atoms with van der Waals surface area (Å²) in [6, 6.07) is 2.40. The summed E-state index contributed by atoms with van der Waals surface area (Å²) < 4.78 is 44.6. The quantitative estimate of drug-likeness (QED) is 0.790. The summed E-state index contributed by atoms with van der Waals surface area (Å²) in [6.07, 6.45) is 0. The van der Waals surface area contributed by atoms with Gasteiger partial charge in [-0.15, -0.1) is 0 Å². The molecule has 0 amide bonds. The first-order chi connectivity index (χ1) is 7.05. The molecule has 0 aliphatic carbocycles. The van der Waals surface area contributed by atoms with Crippen LogP contribution in [0.25, 0.3) is 0 Å². The van der Waals surface area contributed by atoms with Crippen LogP contribution in [0.5, 0.6) is 0 Å². The lowest BCUT2D eigenvalue weighted by Crippen LogP contribution is -2.18. The molecule has 0 aliphatic heterocycles. The number of hydrogen-bond acceptors (Lipinski definition) is 4. The Morgan fingerprint density at radius 1 is 1.06 bits per heavy atom. The van der Waals surface area contributed by atoms with Crippen LogP contribution in [0, 0.1) is 6.92 Å². The molecule has 4 N–H and O–H groups in total. The number of sulfonamides is 2. The van der Waals surface area contributed by atoms with E-state index in [9.17, 15) is 16.8 Å². The topological polar surface area (TPSA) is 120 Å². The zero-order valence-electron chi connectivity index (χ0n) is 8.14. The van der Waals surface area contributed by atoms with E-state index in [1.165, 1.54) is 13.0 Å². The van der Waals surface area contributed by atoms with Crippen molar-refractivity contribution in [2.45, 2.75) is 16.7 Å². The van der Waals surface area contributed by atoms with E-state index in [4.69, 9.17) is 21.9 Å². The fourth-order valence-electron chi connectivity index (χ4n) is 1.20. The third kappa shape index (κ3) is 2.53. The molecule has 0 aromatic heterocycles. The molecule has 0 spiro atoms. The van der Waals surface area contributed by atoms with Gasteiger partial charge in [-0.2, -0.15) is 0 Å². The largest absolute Gasteiger partial charge is 0.239 e. The molecule has 9 heteroatoms. The van der Waals surface area contributed by atoms with Crippen molar-refractivity contribution in [1.29, 1.82) is 0 Å². The Balaban J connectivity index is 3.79. The van der Waals surface area contributed by atoms with Crippen molar-refractivity contribution in [3.8, 4) is 0 Å². The molecular formula is C7H9ClN2O4S2. The second-order valence-electron chi connectivity index (χ2n) is 3.11. The van der Waals surface area contributed by atoms with Crippen LogP contribution >= 0.6 is 11.6 Å². The minimum absolute atomic E-state index is 0.250. The Morgan fingerprint density at radius 3 is 1.94 bits per heavy atom. The molecule has 16 heavy (non-hydrogen) atoms. The second-order valence-corrected chi connectivity index (χ2v) is 6.52. The van der Waals surface area contributed by atoms with Crippen molar-refractivity contribution < 1.29 is 16.8 Å². The lowest BCUT2D eigenvalue weighted by molar-refractivity contribution is 0.595. The van der Waals surface area contributed by atoms with E-state index in [2.05, 4.69) is 0 Å². The van der Waals surface area contributed by atoms with Crippen LogP contribution in [-0.2, 0) is 20.0 Å². The van der Waals surface area contributed by atoms with Crippen LogP contribution in [0.1, 0.15) is 5.56 Å². The average Bonchev–Trinajstić information content (AvgIpc) is 1.97. The van der Waals surface area contributed by atoms with Crippen molar-refractivity contribution in [2.24, 2.45) is 10.3 Å². The predicted molar refractivity (Wildman–Crippen MR) is 58.9 cm³/mol. The van der Waals surface area contributed by atoms with Crippen LogP contribution < -0.4 is 10.3 Å². The van der Waals surface area contributed by atoms with Crippen molar-refractivity contribution in [3.63, 3.8) is 0 Å². The van der Waals surface area contributed by atoms with Gasteiger partial charge in [-0.05, 0) is 18.6 Å². The molecule has 0 bridgehead atoms. The number of halogens is 1. The van der Waals surface area contributed by atoms with Crippen molar-refractivity contribution in [1.82, 2.24) is 0 Å². The number of aryl methyl sites for hydroxylation is 1. The summed E-state index contributed by atoms with van der Waals surface area (Å²) >= 11 is 5.67. The molecular weight excluding hydrogens is 276 g/mol. The highest BCUT2D eigenvalue weighted by atomic mass is 35.5. The Kier molecular flexibility index (Phi) is 3.32. The summed E-state index contributed by atoms with van der Waals surface area (Å²) in [5.41, 5.74) is 0.250. The zero-order chi connectivity index (χ0) is 12.7. The van der Waals surface area contributed by atoms with Gasteiger partial charge in [0.05, 0.1) is 5.02 Å². The summed E-state index contributed by atoms with van der Waals surface area (Å²) in [5.74, 6) is 0. The van der Waals surface area contributed by atoms with Crippen LogP contribution in [0.15, 0.2) is 21.9 Å². The standard InChI is InChI=1S/C7H9ClN2O4S2/c1-4-2-3-5(15(9,11)12)6(8)7(4)16(10,13)14/h2-3H,1H3,(H2,9,11,12)(H2,10,13,14). The van der Waals surface area contributed by atoms with Gasteiger partial charge in [0.1, 0.15) is 9.79 Å². The van der Waals surface area contributed by atoms with Crippen LogP contribution in [0.3, 0.4) is 0 Å². The maximum Gasteiger partial charge on any atom is 0.239 e. The molecule has 1 aromatic carbocycles. The number of nitrogens with two attached hydrogens (primary N) is 2. The van der Waals surface area contributed by atoms with Gasteiger partial charge in [-0.3, -0.25) is 0 Å². The summed E-state index contributed by atoms with van der Waals surface area (Å²) in [6.45, 7) is 1.44. The second kappa shape index (κ2) is 3.97. The highest BCUT2D eigenvalue weighted by molar-refractivity contribution is 7.90. The lowest BCUT2D eigenvalue weighted by Gasteiger charge is -2.09. The van der Waals surface area contributed by atoms with E-state index in [0.29, 0.717) is 0 Å². The van der Waals surface area contributed by atoms with Gasteiger partial charge in [-0.1, -0.05) is 17.7 Å². The first-order valence-corrected chi connectivity index (χ1v) is 7.37. The molecule has 0 fully saturated rings. The van der Waals surface area contributed by atoms with Gasteiger partial charge in [0.25, 0.3) is 0 Å². The van der Waals surface area contributed by atoms with E-state index < -0.39 is 34.9 Å². The van der Waals surface area contributed by atoms with E-state index in [1.54, 1.807) is 0 Å². The van der Waals surface area contributed by atoms with Gasteiger partial charge in [-0.25, -0.2) is 27.1 Å². The normalized spacial score (nSPS) is 12.8. The van der Waals surface area contributed by atoms with E-state index >= 15 is 0 Å². The molecule has 1 rings (SSSR count). The van der Waals surface area contributed by atoms with Crippen LogP contribution in [0.2, 0.25) is 5.02 Å². The minimum atomic E-state index is -4.10. The zero-order valence-corrected chi connectivity index (χ0v) is 10.5. The lowest BCUT2D eigenvalue weighted by atomic mass is 10.2. The number of rotatable bonds is 2. The van der Waals surface area contributed by atoms with Gasteiger partial charge < -0.3 is 0 Å². The monoisotopic (exact) mass is 284 g/mol. The van der Waals surface area contributed by atoms with Crippen LogP contribution in [-0.4, -0.2) is 16.8 Å².